The van der Waals surface area contributed by atoms with Crippen molar-refractivity contribution in [3.63, 3.8) is 0 Å². The number of phenols is 1. The number of rotatable bonds is 6. The zero-order valence-corrected chi connectivity index (χ0v) is 13.6. The molecule has 9 heteroatoms. The molecular formula is C16H22O9. The number of carboxylic acid groups (broad SMARTS) is 1. The SMILES string of the molecule is CCCc1cc(O)cc(O[C@H]2O[C@@H](CO)[C@H](O)[C@@H](O)[C@@H]2O)c1C(=O)O. The lowest BCUT2D eigenvalue weighted by molar-refractivity contribution is -0.277. The van der Waals surface area contributed by atoms with Crippen molar-refractivity contribution in [3.8, 4) is 11.5 Å². The summed E-state index contributed by atoms with van der Waals surface area (Å²) in [6.07, 6.45) is -6.62. The molecule has 0 amide bonds. The largest absolute Gasteiger partial charge is 0.508 e. The first-order chi connectivity index (χ1) is 11.8. The minimum atomic E-state index is -1.68. The van der Waals surface area contributed by atoms with Gasteiger partial charge in [-0.1, -0.05) is 13.3 Å². The minimum Gasteiger partial charge on any atom is -0.508 e. The smallest absolute Gasteiger partial charge is 0.339 e. The first kappa shape index (κ1) is 19.4. The van der Waals surface area contributed by atoms with Gasteiger partial charge in [0, 0.05) is 6.07 Å². The lowest BCUT2D eigenvalue weighted by Gasteiger charge is -2.39. The number of carboxylic acids is 1. The number of carbonyl (C=O) groups is 1. The highest BCUT2D eigenvalue weighted by atomic mass is 16.7. The number of aliphatic hydroxyl groups excluding tert-OH is 4. The number of aryl methyl sites for hydroxylation is 1. The van der Waals surface area contributed by atoms with Crippen LogP contribution in [-0.4, -0.2) is 73.9 Å². The van der Waals surface area contributed by atoms with Gasteiger partial charge in [0.05, 0.1) is 6.61 Å². The van der Waals surface area contributed by atoms with Crippen molar-refractivity contribution >= 4 is 5.97 Å². The molecule has 1 aliphatic rings. The Morgan fingerprint density at radius 3 is 2.44 bits per heavy atom. The Morgan fingerprint density at radius 2 is 1.88 bits per heavy atom. The summed E-state index contributed by atoms with van der Waals surface area (Å²) in [5, 5.41) is 58.0. The molecular weight excluding hydrogens is 336 g/mol. The standard InChI is InChI=1S/C16H22O9/c1-2-3-7-4-8(18)5-9(11(7)15(22)23)24-16-14(21)13(20)12(19)10(6-17)25-16/h4-5,10,12-14,16-21H,2-3,6H2,1H3,(H,22,23)/t10-,12-,13+,14-,16-/m0/s1. The van der Waals surface area contributed by atoms with Gasteiger partial charge in [-0.2, -0.15) is 0 Å². The fraction of sp³-hybridized carbons (Fsp3) is 0.562. The summed E-state index contributed by atoms with van der Waals surface area (Å²) in [7, 11) is 0. The molecule has 5 atom stereocenters. The Morgan fingerprint density at radius 1 is 1.20 bits per heavy atom. The van der Waals surface area contributed by atoms with Crippen LogP contribution in [-0.2, 0) is 11.2 Å². The Labute approximate surface area is 143 Å². The highest BCUT2D eigenvalue weighted by Crippen LogP contribution is 2.32. The van der Waals surface area contributed by atoms with Crippen LogP contribution in [0.5, 0.6) is 11.5 Å². The number of phenolic OH excluding ortho intramolecular Hbond substituents is 1. The van der Waals surface area contributed by atoms with Gasteiger partial charge in [-0.25, -0.2) is 4.79 Å². The van der Waals surface area contributed by atoms with Crippen LogP contribution in [0.15, 0.2) is 12.1 Å². The lowest BCUT2D eigenvalue weighted by Crippen LogP contribution is -2.60. The van der Waals surface area contributed by atoms with E-state index in [-0.39, 0.29) is 17.1 Å². The van der Waals surface area contributed by atoms with Crippen molar-refractivity contribution in [2.75, 3.05) is 6.61 Å². The van der Waals surface area contributed by atoms with Gasteiger partial charge in [0.1, 0.15) is 41.5 Å². The van der Waals surface area contributed by atoms with Crippen molar-refractivity contribution in [1.29, 1.82) is 0 Å². The highest BCUT2D eigenvalue weighted by Gasteiger charge is 2.45. The average Bonchev–Trinajstić information content (AvgIpc) is 2.55. The minimum absolute atomic E-state index is 0.198. The third kappa shape index (κ3) is 4.02. The molecule has 1 heterocycles. The predicted octanol–water partition coefficient (Wildman–Crippen LogP) is -0.778. The molecule has 1 fully saturated rings. The number of hydrogen-bond donors (Lipinski definition) is 6. The third-order valence-corrected chi connectivity index (χ3v) is 3.99. The maximum Gasteiger partial charge on any atom is 0.339 e. The third-order valence-electron chi connectivity index (χ3n) is 3.99. The van der Waals surface area contributed by atoms with Crippen molar-refractivity contribution < 1.29 is 44.9 Å². The average molecular weight is 358 g/mol. The molecule has 0 saturated carbocycles. The van der Waals surface area contributed by atoms with E-state index >= 15 is 0 Å². The highest BCUT2D eigenvalue weighted by molar-refractivity contribution is 5.93. The molecule has 0 unspecified atom stereocenters. The summed E-state index contributed by atoms with van der Waals surface area (Å²) >= 11 is 0. The van der Waals surface area contributed by atoms with E-state index in [9.17, 15) is 35.4 Å². The zero-order valence-electron chi connectivity index (χ0n) is 13.6. The molecule has 2 rings (SSSR count). The number of aromatic carboxylic acids is 1. The monoisotopic (exact) mass is 358 g/mol. The van der Waals surface area contributed by atoms with Crippen molar-refractivity contribution in [2.45, 2.75) is 50.5 Å². The zero-order chi connectivity index (χ0) is 18.7. The summed E-state index contributed by atoms with van der Waals surface area (Å²) in [6.45, 7) is 1.20. The summed E-state index contributed by atoms with van der Waals surface area (Å²) in [5.74, 6) is -1.77. The fourth-order valence-corrected chi connectivity index (χ4v) is 2.75. The van der Waals surface area contributed by atoms with E-state index in [4.69, 9.17) is 9.47 Å². The van der Waals surface area contributed by atoms with E-state index in [2.05, 4.69) is 0 Å². The van der Waals surface area contributed by atoms with Crippen molar-refractivity contribution in [1.82, 2.24) is 0 Å². The first-order valence-corrected chi connectivity index (χ1v) is 7.86. The van der Waals surface area contributed by atoms with Gasteiger partial charge < -0.3 is 40.1 Å². The molecule has 9 nitrogen and oxygen atoms in total. The van der Waals surface area contributed by atoms with Crippen molar-refractivity contribution in [3.05, 3.63) is 23.3 Å². The van der Waals surface area contributed by atoms with Gasteiger partial charge in [-0.3, -0.25) is 0 Å². The topological polar surface area (TPSA) is 157 Å². The van der Waals surface area contributed by atoms with E-state index < -0.39 is 43.3 Å². The molecule has 1 aromatic rings. The molecule has 0 aliphatic carbocycles. The van der Waals surface area contributed by atoms with Crippen LogP contribution in [0.2, 0.25) is 0 Å². The second kappa shape index (κ2) is 7.98. The van der Waals surface area contributed by atoms with Crippen LogP contribution >= 0.6 is 0 Å². The molecule has 25 heavy (non-hydrogen) atoms. The second-order valence-electron chi connectivity index (χ2n) is 5.85. The van der Waals surface area contributed by atoms with Crippen LogP contribution in [0.3, 0.4) is 0 Å². The molecule has 0 aromatic heterocycles. The van der Waals surface area contributed by atoms with Gasteiger partial charge in [0.2, 0.25) is 6.29 Å². The van der Waals surface area contributed by atoms with Gasteiger partial charge in [-0.15, -0.1) is 0 Å². The maximum atomic E-state index is 11.6. The van der Waals surface area contributed by atoms with Crippen LogP contribution in [0.1, 0.15) is 29.3 Å². The molecule has 1 aliphatic heterocycles. The normalized spacial score (nSPS) is 29.4. The molecule has 140 valence electrons. The van der Waals surface area contributed by atoms with E-state index in [1.165, 1.54) is 6.07 Å². The van der Waals surface area contributed by atoms with Gasteiger partial charge >= 0.3 is 5.97 Å². The summed E-state index contributed by atoms with van der Waals surface area (Å²) in [6, 6.07) is 2.37. The quantitative estimate of drug-likeness (QED) is 0.384. The molecule has 0 radical (unpaired) electrons. The number of ether oxygens (including phenoxy) is 2. The number of aliphatic hydroxyl groups is 4. The Hall–Kier alpha value is -1.91. The van der Waals surface area contributed by atoms with E-state index in [1.54, 1.807) is 0 Å². The summed E-state index contributed by atoms with van der Waals surface area (Å²) in [5.41, 5.74) is 0.145. The van der Waals surface area contributed by atoms with Crippen LogP contribution in [0.25, 0.3) is 0 Å². The second-order valence-corrected chi connectivity index (χ2v) is 5.85. The van der Waals surface area contributed by atoms with E-state index in [0.29, 0.717) is 18.4 Å². The van der Waals surface area contributed by atoms with Gasteiger partial charge in [-0.05, 0) is 18.1 Å². The lowest BCUT2D eigenvalue weighted by atomic mass is 9.99. The molecule has 0 bridgehead atoms. The summed E-state index contributed by atoms with van der Waals surface area (Å²) in [4.78, 5) is 11.6. The number of hydrogen-bond acceptors (Lipinski definition) is 8. The first-order valence-electron chi connectivity index (χ1n) is 7.86. The molecule has 1 aromatic carbocycles. The number of aromatic hydroxyl groups is 1. The Bertz CT molecular complexity index is 616. The molecule has 6 N–H and O–H groups in total. The molecule has 0 spiro atoms. The van der Waals surface area contributed by atoms with Gasteiger partial charge in [0.25, 0.3) is 0 Å². The van der Waals surface area contributed by atoms with E-state index in [1.807, 2.05) is 6.92 Å². The molecule has 1 saturated heterocycles. The van der Waals surface area contributed by atoms with E-state index in [0.717, 1.165) is 6.07 Å². The predicted molar refractivity (Wildman–Crippen MR) is 83.5 cm³/mol. The van der Waals surface area contributed by atoms with Crippen molar-refractivity contribution in [2.24, 2.45) is 0 Å². The van der Waals surface area contributed by atoms with Crippen LogP contribution in [0.4, 0.5) is 0 Å². The maximum absolute atomic E-state index is 11.6. The van der Waals surface area contributed by atoms with Crippen LogP contribution < -0.4 is 4.74 Å². The number of benzene rings is 1. The van der Waals surface area contributed by atoms with Crippen LogP contribution in [0, 0.1) is 0 Å². The van der Waals surface area contributed by atoms with Gasteiger partial charge in [0.15, 0.2) is 0 Å². The Kier molecular flexibility index (Phi) is 6.20. The fourth-order valence-electron chi connectivity index (χ4n) is 2.75. The summed E-state index contributed by atoms with van der Waals surface area (Å²) < 4.78 is 10.6. The Balaban J connectivity index is 2.37.